The van der Waals surface area contributed by atoms with Crippen molar-refractivity contribution in [3.05, 3.63) is 52.6 Å². The number of carbonyl (C=O) groups is 1. The van der Waals surface area contributed by atoms with Crippen LogP contribution >= 0.6 is 0 Å². The lowest BCUT2D eigenvalue weighted by molar-refractivity contribution is -0.160. The third kappa shape index (κ3) is 5.31. The first-order chi connectivity index (χ1) is 16.9. The van der Waals surface area contributed by atoms with Crippen molar-refractivity contribution in [3.8, 4) is 11.1 Å². The number of piperidine rings is 1. The number of hydrogen-bond acceptors (Lipinski definition) is 4. The quantitative estimate of drug-likeness (QED) is 0.558. The molecule has 2 aromatic rings. The summed E-state index contributed by atoms with van der Waals surface area (Å²) < 4.78 is 36.8. The second-order valence-corrected chi connectivity index (χ2v) is 12.8. The van der Waals surface area contributed by atoms with Gasteiger partial charge in [0.1, 0.15) is 0 Å². The minimum absolute atomic E-state index is 0.415. The average Bonchev–Trinajstić information content (AvgIpc) is 2.82. The molecule has 1 unspecified atom stereocenters. The summed E-state index contributed by atoms with van der Waals surface area (Å²) in [5, 5.41) is 10.2. The van der Waals surface area contributed by atoms with Gasteiger partial charge < -0.3 is 9.84 Å². The third-order valence-electron chi connectivity index (χ3n) is 6.93. The zero-order valence-corrected chi connectivity index (χ0v) is 22.8. The molecular weight excluding hydrogens is 476 g/mol. The van der Waals surface area contributed by atoms with E-state index in [1.54, 1.807) is 8.61 Å². The Hall–Kier alpha value is -2.42. The van der Waals surface area contributed by atoms with E-state index in [1.165, 1.54) is 0 Å². The monoisotopic (exact) mass is 514 g/mol. The largest absolute Gasteiger partial charge is 0.479 e. The van der Waals surface area contributed by atoms with Gasteiger partial charge in [-0.05, 0) is 88.6 Å². The highest BCUT2D eigenvalue weighted by Gasteiger charge is 2.38. The maximum Gasteiger partial charge on any atom is 0.337 e. The lowest BCUT2D eigenvalue weighted by Gasteiger charge is -2.38. The topological polar surface area (TPSA) is 87.1 Å². The zero-order chi connectivity index (χ0) is 26.3. The van der Waals surface area contributed by atoms with Gasteiger partial charge in [-0.3, -0.25) is 4.31 Å². The highest BCUT2D eigenvalue weighted by molar-refractivity contribution is 7.90. The Labute approximate surface area is 215 Å². The van der Waals surface area contributed by atoms with E-state index in [9.17, 15) is 18.3 Å². The molecule has 1 saturated heterocycles. The van der Waals surface area contributed by atoms with Crippen LogP contribution < -0.4 is 4.31 Å². The van der Waals surface area contributed by atoms with Crippen LogP contribution in [0.4, 0.5) is 5.69 Å². The van der Waals surface area contributed by atoms with E-state index in [4.69, 9.17) is 4.74 Å². The van der Waals surface area contributed by atoms with E-state index in [0.717, 1.165) is 41.5 Å². The molecule has 0 aromatic heterocycles. The van der Waals surface area contributed by atoms with Crippen molar-refractivity contribution in [2.45, 2.75) is 78.4 Å². The van der Waals surface area contributed by atoms with Crippen LogP contribution in [0.25, 0.3) is 11.1 Å². The summed E-state index contributed by atoms with van der Waals surface area (Å²) in [5.74, 6) is -1.06. The van der Waals surface area contributed by atoms with Crippen molar-refractivity contribution in [1.29, 1.82) is 0 Å². The molecule has 0 saturated carbocycles. The maximum absolute atomic E-state index is 13.8. The fourth-order valence-electron chi connectivity index (χ4n) is 5.30. The Kier molecular flexibility index (Phi) is 7.51. The maximum atomic E-state index is 13.8. The molecule has 8 heteroatoms. The Bertz CT molecular complexity index is 1230. The third-order valence-corrected chi connectivity index (χ3v) is 8.89. The molecule has 7 nitrogen and oxygen atoms in total. The predicted molar refractivity (Wildman–Crippen MR) is 143 cm³/mol. The summed E-state index contributed by atoms with van der Waals surface area (Å²) >= 11 is 0. The number of aryl methyl sites for hydroxylation is 2. The van der Waals surface area contributed by atoms with Gasteiger partial charge in [-0.2, -0.15) is 12.7 Å². The Morgan fingerprint density at radius 2 is 1.64 bits per heavy atom. The van der Waals surface area contributed by atoms with Gasteiger partial charge in [-0.15, -0.1) is 0 Å². The normalized spacial score (nSPS) is 18.1. The number of ether oxygens (including phenoxy) is 1. The molecule has 0 amide bonds. The molecule has 2 aromatic carbocycles. The van der Waals surface area contributed by atoms with Crippen molar-refractivity contribution >= 4 is 21.9 Å². The zero-order valence-electron chi connectivity index (χ0n) is 22.0. The number of nitrogens with zero attached hydrogens (tertiary/aromatic N) is 2. The number of anilines is 1. The van der Waals surface area contributed by atoms with Crippen LogP contribution in [-0.4, -0.2) is 49.0 Å². The molecule has 1 fully saturated rings. The minimum atomic E-state index is -3.68. The first kappa shape index (κ1) is 26.6. The summed E-state index contributed by atoms with van der Waals surface area (Å²) in [6.07, 6.45) is 2.94. The number of carboxylic acid groups (broad SMARTS) is 1. The van der Waals surface area contributed by atoms with Crippen molar-refractivity contribution in [2.75, 3.05) is 23.9 Å². The molecule has 4 rings (SSSR count). The van der Waals surface area contributed by atoms with E-state index in [0.29, 0.717) is 49.3 Å². The predicted octanol–water partition coefficient (Wildman–Crippen LogP) is 5.39. The number of fused-ring (bicyclic) bond motifs is 1. The number of benzene rings is 2. The lowest BCUT2D eigenvalue weighted by Crippen LogP contribution is -2.48. The van der Waals surface area contributed by atoms with Crippen LogP contribution in [0.2, 0.25) is 0 Å². The molecule has 1 N–H and O–H groups in total. The molecule has 0 radical (unpaired) electrons. The fraction of sp³-hybridized carbons (Fsp3) is 0.536. The smallest absolute Gasteiger partial charge is 0.337 e. The van der Waals surface area contributed by atoms with Gasteiger partial charge in [0.2, 0.25) is 0 Å². The molecule has 2 aliphatic heterocycles. The highest BCUT2D eigenvalue weighted by Crippen LogP contribution is 2.45. The molecular formula is C28H38N2O5S. The van der Waals surface area contributed by atoms with Crippen LogP contribution in [0.15, 0.2) is 30.3 Å². The Balaban J connectivity index is 1.95. The highest BCUT2D eigenvalue weighted by atomic mass is 32.2. The van der Waals surface area contributed by atoms with Gasteiger partial charge in [0, 0.05) is 25.2 Å². The number of rotatable bonds is 6. The molecule has 0 spiro atoms. The summed E-state index contributed by atoms with van der Waals surface area (Å²) in [4.78, 5) is 12.5. The molecule has 2 aliphatic rings. The summed E-state index contributed by atoms with van der Waals surface area (Å²) in [7, 11) is -3.68. The molecule has 1 atom stereocenters. The molecule has 0 aliphatic carbocycles. The average molecular weight is 515 g/mol. The number of hydrogen-bond donors (Lipinski definition) is 1. The van der Waals surface area contributed by atoms with Crippen LogP contribution in [0.5, 0.6) is 0 Å². The molecule has 196 valence electrons. The summed E-state index contributed by atoms with van der Waals surface area (Å²) in [6.45, 7) is 10.9. The Morgan fingerprint density at radius 3 is 2.22 bits per heavy atom. The van der Waals surface area contributed by atoms with E-state index in [-0.39, 0.29) is 0 Å². The van der Waals surface area contributed by atoms with Crippen molar-refractivity contribution in [3.63, 3.8) is 0 Å². The van der Waals surface area contributed by atoms with E-state index >= 15 is 0 Å². The van der Waals surface area contributed by atoms with Crippen LogP contribution in [0.3, 0.4) is 0 Å². The summed E-state index contributed by atoms with van der Waals surface area (Å²) in [6, 6.07) is 9.83. The SMILES string of the molecule is Cc1ccc(-c2c3c(cc(C)c2C(OC(C)(C)C)C(=O)O)N(S(=O)(=O)N2CCCCC2)CCC3)cc1. The standard InChI is InChI=1S/C28H38N2O5S/c1-19-11-13-21(14-12-19)25-22-10-9-17-30(36(33,34)29-15-7-6-8-16-29)23(22)18-20(2)24(25)26(27(31)32)35-28(3,4)5/h11-14,18,26H,6-10,15-17H2,1-5H3,(H,31,32). The van der Waals surface area contributed by atoms with Gasteiger partial charge in [-0.25, -0.2) is 4.79 Å². The molecule has 36 heavy (non-hydrogen) atoms. The van der Waals surface area contributed by atoms with Crippen LogP contribution in [-0.2, 0) is 26.2 Å². The minimum Gasteiger partial charge on any atom is -0.479 e. The van der Waals surface area contributed by atoms with Crippen molar-refractivity contribution in [2.24, 2.45) is 0 Å². The Morgan fingerprint density at radius 1 is 1.00 bits per heavy atom. The van der Waals surface area contributed by atoms with Crippen LogP contribution in [0.1, 0.15) is 74.8 Å². The van der Waals surface area contributed by atoms with E-state index in [2.05, 4.69) is 0 Å². The second-order valence-electron chi connectivity index (χ2n) is 10.9. The first-order valence-corrected chi connectivity index (χ1v) is 14.2. The van der Waals surface area contributed by atoms with E-state index in [1.807, 2.05) is 65.0 Å². The van der Waals surface area contributed by atoms with Gasteiger partial charge in [-0.1, -0.05) is 36.2 Å². The van der Waals surface area contributed by atoms with Gasteiger partial charge in [0.05, 0.1) is 11.3 Å². The number of carboxylic acids is 1. The lowest BCUT2D eigenvalue weighted by atomic mass is 9.84. The van der Waals surface area contributed by atoms with Crippen LogP contribution in [0, 0.1) is 13.8 Å². The van der Waals surface area contributed by atoms with Gasteiger partial charge in [0.25, 0.3) is 0 Å². The first-order valence-electron chi connectivity index (χ1n) is 12.8. The van der Waals surface area contributed by atoms with Gasteiger partial charge in [0.15, 0.2) is 6.10 Å². The van der Waals surface area contributed by atoms with Crippen molar-refractivity contribution in [1.82, 2.24) is 4.31 Å². The van der Waals surface area contributed by atoms with Crippen molar-refractivity contribution < 1.29 is 23.1 Å². The fourth-order valence-corrected chi connectivity index (χ4v) is 7.07. The second kappa shape index (κ2) is 10.1. The number of aliphatic carboxylic acids is 1. The molecule has 2 heterocycles. The van der Waals surface area contributed by atoms with Gasteiger partial charge >= 0.3 is 16.2 Å². The van der Waals surface area contributed by atoms with E-state index < -0.39 is 27.9 Å². The summed E-state index contributed by atoms with van der Waals surface area (Å²) in [5.41, 5.74) is 4.89. The molecule has 0 bridgehead atoms.